The van der Waals surface area contributed by atoms with E-state index in [9.17, 15) is 9.59 Å². The van der Waals surface area contributed by atoms with Gasteiger partial charge in [0, 0.05) is 5.56 Å². The number of ether oxygens (including phenoxy) is 2. The van der Waals surface area contributed by atoms with Gasteiger partial charge < -0.3 is 9.47 Å². The van der Waals surface area contributed by atoms with Crippen molar-refractivity contribution in [3.05, 3.63) is 65.2 Å². The first-order chi connectivity index (χ1) is 10.2. The predicted octanol–water partition coefficient (Wildman–Crippen LogP) is 2.93. The summed E-state index contributed by atoms with van der Waals surface area (Å²) in [7, 11) is 1.59. The fourth-order valence-corrected chi connectivity index (χ4v) is 2.20. The lowest BCUT2D eigenvalue weighted by Crippen LogP contribution is -2.21. The highest BCUT2D eigenvalue weighted by atomic mass is 16.6. The quantitative estimate of drug-likeness (QED) is 0.482. The molecule has 2 aromatic rings. The van der Waals surface area contributed by atoms with Crippen molar-refractivity contribution in [3.63, 3.8) is 0 Å². The van der Waals surface area contributed by atoms with E-state index in [1.165, 1.54) is 0 Å². The minimum absolute atomic E-state index is 0.371. The molecule has 21 heavy (non-hydrogen) atoms. The van der Waals surface area contributed by atoms with Gasteiger partial charge in [0.05, 0.1) is 18.2 Å². The van der Waals surface area contributed by atoms with Gasteiger partial charge in [0.25, 0.3) is 0 Å². The van der Waals surface area contributed by atoms with E-state index in [0.717, 1.165) is 11.3 Å². The van der Waals surface area contributed by atoms with Crippen LogP contribution in [0.1, 0.15) is 21.5 Å². The molecule has 0 saturated heterocycles. The molecule has 4 heteroatoms. The second kappa shape index (κ2) is 5.25. The maximum absolute atomic E-state index is 12.0. The Morgan fingerprint density at radius 2 is 1.57 bits per heavy atom. The van der Waals surface area contributed by atoms with Gasteiger partial charge in [0.2, 0.25) is 0 Å². The maximum Gasteiger partial charge on any atom is 0.346 e. The summed E-state index contributed by atoms with van der Waals surface area (Å²) < 4.78 is 9.87. The number of carbonyl (C=O) groups is 2. The van der Waals surface area contributed by atoms with Gasteiger partial charge in [0.1, 0.15) is 5.75 Å². The molecular formula is C17H12O4. The largest absolute Gasteiger partial charge is 0.497 e. The lowest BCUT2D eigenvalue weighted by molar-refractivity contribution is -0.131. The second-order valence-corrected chi connectivity index (χ2v) is 4.55. The topological polar surface area (TPSA) is 52.6 Å². The van der Waals surface area contributed by atoms with E-state index in [2.05, 4.69) is 0 Å². The van der Waals surface area contributed by atoms with Gasteiger partial charge in [-0.15, -0.1) is 0 Å². The molecule has 0 N–H and O–H groups in total. The molecule has 104 valence electrons. The van der Waals surface area contributed by atoms with Crippen LogP contribution in [0.15, 0.2) is 48.5 Å². The van der Waals surface area contributed by atoms with Crippen LogP contribution in [-0.4, -0.2) is 19.0 Å². The van der Waals surface area contributed by atoms with Crippen LogP contribution in [0.2, 0.25) is 0 Å². The van der Waals surface area contributed by atoms with E-state index in [4.69, 9.17) is 9.47 Å². The smallest absolute Gasteiger partial charge is 0.346 e. The van der Waals surface area contributed by atoms with Crippen molar-refractivity contribution in [1.82, 2.24) is 0 Å². The van der Waals surface area contributed by atoms with Crippen LogP contribution in [0, 0.1) is 0 Å². The van der Waals surface area contributed by atoms with Crippen molar-refractivity contribution in [3.8, 4) is 5.75 Å². The molecule has 0 radical (unpaired) electrons. The third-order valence-corrected chi connectivity index (χ3v) is 3.27. The fourth-order valence-electron chi connectivity index (χ4n) is 2.20. The third kappa shape index (κ3) is 2.43. The molecule has 2 aromatic carbocycles. The van der Waals surface area contributed by atoms with Crippen molar-refractivity contribution < 1.29 is 19.1 Å². The van der Waals surface area contributed by atoms with Crippen molar-refractivity contribution in [1.29, 1.82) is 0 Å². The Morgan fingerprint density at radius 1 is 0.905 bits per heavy atom. The van der Waals surface area contributed by atoms with E-state index >= 15 is 0 Å². The zero-order valence-corrected chi connectivity index (χ0v) is 11.3. The molecule has 0 aromatic heterocycles. The summed E-state index contributed by atoms with van der Waals surface area (Å²) in [6, 6.07) is 14.2. The number of esters is 2. The summed E-state index contributed by atoms with van der Waals surface area (Å²) in [4.78, 5) is 23.6. The molecule has 0 spiro atoms. The van der Waals surface area contributed by atoms with Crippen LogP contribution in [-0.2, 0) is 9.53 Å². The van der Waals surface area contributed by atoms with Crippen LogP contribution in [0.4, 0.5) is 0 Å². The molecule has 0 unspecified atom stereocenters. The monoisotopic (exact) mass is 280 g/mol. The van der Waals surface area contributed by atoms with E-state index < -0.39 is 11.9 Å². The first-order valence-electron chi connectivity index (χ1n) is 6.40. The van der Waals surface area contributed by atoms with Gasteiger partial charge in [-0.1, -0.05) is 30.3 Å². The standard InChI is InChI=1S/C17H12O4/c1-20-12-8-6-11(7-9-12)10-15-13-4-2-3-5-14(13)16(18)21-17(15)19/h2-10H,1H3. The summed E-state index contributed by atoms with van der Waals surface area (Å²) in [6.45, 7) is 0. The third-order valence-electron chi connectivity index (χ3n) is 3.27. The van der Waals surface area contributed by atoms with Crippen molar-refractivity contribution in [2.24, 2.45) is 0 Å². The molecule has 1 heterocycles. The van der Waals surface area contributed by atoms with Gasteiger partial charge in [-0.3, -0.25) is 0 Å². The number of carbonyl (C=O) groups excluding carboxylic acids is 2. The van der Waals surface area contributed by atoms with Gasteiger partial charge in [-0.2, -0.15) is 0 Å². The number of cyclic esters (lactones) is 2. The van der Waals surface area contributed by atoms with Crippen LogP contribution in [0.5, 0.6) is 5.75 Å². The Labute approximate surface area is 121 Å². The summed E-state index contributed by atoms with van der Waals surface area (Å²) in [6.07, 6.45) is 1.70. The zero-order chi connectivity index (χ0) is 14.8. The molecule has 4 nitrogen and oxygen atoms in total. The Morgan fingerprint density at radius 3 is 2.24 bits per heavy atom. The van der Waals surface area contributed by atoms with Crippen LogP contribution >= 0.6 is 0 Å². The molecule has 1 aliphatic heterocycles. The van der Waals surface area contributed by atoms with E-state index in [1.54, 1.807) is 49.6 Å². The van der Waals surface area contributed by atoms with Crippen molar-refractivity contribution >= 4 is 23.6 Å². The predicted molar refractivity (Wildman–Crippen MR) is 77.7 cm³/mol. The van der Waals surface area contributed by atoms with Gasteiger partial charge in [-0.25, -0.2) is 9.59 Å². The SMILES string of the molecule is COc1ccc(C=C2C(=O)OC(=O)c3ccccc32)cc1. The van der Waals surface area contributed by atoms with E-state index in [-0.39, 0.29) is 0 Å². The number of rotatable bonds is 2. The Hall–Kier alpha value is -2.88. The maximum atomic E-state index is 12.0. The molecular weight excluding hydrogens is 268 g/mol. The average molecular weight is 280 g/mol. The highest BCUT2D eigenvalue weighted by Crippen LogP contribution is 2.28. The molecule has 0 amide bonds. The first kappa shape index (κ1) is 13.1. The molecule has 1 aliphatic rings. The molecule has 3 rings (SSSR count). The molecule has 0 aliphatic carbocycles. The van der Waals surface area contributed by atoms with Crippen LogP contribution in [0.3, 0.4) is 0 Å². The highest BCUT2D eigenvalue weighted by Gasteiger charge is 2.28. The highest BCUT2D eigenvalue weighted by molar-refractivity contribution is 6.29. The van der Waals surface area contributed by atoms with E-state index in [1.807, 2.05) is 12.1 Å². The minimum Gasteiger partial charge on any atom is -0.497 e. The first-order valence-corrected chi connectivity index (χ1v) is 6.40. The van der Waals surface area contributed by atoms with Crippen molar-refractivity contribution in [2.45, 2.75) is 0 Å². The van der Waals surface area contributed by atoms with Crippen LogP contribution in [0.25, 0.3) is 11.6 Å². The summed E-state index contributed by atoms with van der Waals surface area (Å²) in [5.41, 5.74) is 2.19. The Balaban J connectivity index is 2.07. The molecule has 0 atom stereocenters. The molecule has 0 fully saturated rings. The summed E-state index contributed by atoms with van der Waals surface area (Å²) in [5, 5.41) is 0. The average Bonchev–Trinajstić information content (AvgIpc) is 2.52. The number of hydrogen-bond donors (Lipinski definition) is 0. The number of methoxy groups -OCH3 is 1. The zero-order valence-electron chi connectivity index (χ0n) is 11.3. The molecule has 0 bridgehead atoms. The molecule has 0 saturated carbocycles. The van der Waals surface area contributed by atoms with Crippen LogP contribution < -0.4 is 4.74 Å². The normalized spacial score (nSPS) is 15.6. The second-order valence-electron chi connectivity index (χ2n) is 4.55. The number of hydrogen-bond acceptors (Lipinski definition) is 4. The lowest BCUT2D eigenvalue weighted by Gasteiger charge is -2.16. The van der Waals surface area contributed by atoms with E-state index in [0.29, 0.717) is 16.7 Å². The number of benzene rings is 2. The van der Waals surface area contributed by atoms with Gasteiger partial charge >= 0.3 is 11.9 Å². The minimum atomic E-state index is -0.630. The Bertz CT molecular complexity index is 742. The van der Waals surface area contributed by atoms with Gasteiger partial charge in [-0.05, 0) is 29.8 Å². The Kier molecular flexibility index (Phi) is 3.28. The summed E-state index contributed by atoms with van der Waals surface area (Å²) in [5.74, 6) is -0.504. The lowest BCUT2D eigenvalue weighted by atomic mass is 9.96. The van der Waals surface area contributed by atoms with Crippen molar-refractivity contribution in [2.75, 3.05) is 7.11 Å². The van der Waals surface area contributed by atoms with Gasteiger partial charge in [0.15, 0.2) is 0 Å². The number of fused-ring (bicyclic) bond motifs is 1. The fraction of sp³-hybridized carbons (Fsp3) is 0.0588. The summed E-state index contributed by atoms with van der Waals surface area (Å²) >= 11 is 0.